The van der Waals surface area contributed by atoms with E-state index in [4.69, 9.17) is 23.2 Å². The Morgan fingerprint density at radius 2 is 2.00 bits per heavy atom. The van der Waals surface area contributed by atoms with Crippen LogP contribution in [0.5, 0.6) is 0 Å². The van der Waals surface area contributed by atoms with Crippen molar-refractivity contribution < 1.29 is 4.79 Å². The molecule has 4 aliphatic rings. The molecule has 0 aliphatic heterocycles. The van der Waals surface area contributed by atoms with E-state index >= 15 is 0 Å². The van der Waals surface area contributed by atoms with Crippen molar-refractivity contribution >= 4 is 29.1 Å². The predicted octanol–water partition coefficient (Wildman–Crippen LogP) is 3.41. The van der Waals surface area contributed by atoms with E-state index in [9.17, 15) is 4.79 Å². The molecule has 2 atom stereocenters. The number of aromatic nitrogens is 5. The molecule has 1 N–H and O–H groups in total. The summed E-state index contributed by atoms with van der Waals surface area (Å²) in [5, 5.41) is 12.9. The van der Waals surface area contributed by atoms with E-state index in [0.717, 1.165) is 44.3 Å². The Morgan fingerprint density at radius 3 is 2.61 bits per heavy atom. The van der Waals surface area contributed by atoms with E-state index in [0.29, 0.717) is 23.4 Å². The number of aryl methyl sites for hydroxylation is 1. The van der Waals surface area contributed by atoms with Crippen molar-refractivity contribution in [2.24, 2.45) is 17.3 Å². The first-order chi connectivity index (χ1) is 13.4. The number of carbonyl (C=O) groups is 1. The van der Waals surface area contributed by atoms with Crippen LogP contribution in [0.1, 0.15) is 51.1 Å². The van der Waals surface area contributed by atoms with Crippen LogP contribution in [0.2, 0.25) is 10.3 Å². The summed E-state index contributed by atoms with van der Waals surface area (Å²) in [6.07, 6.45) is 9.58. The fourth-order valence-corrected chi connectivity index (χ4v) is 6.63. The second kappa shape index (κ2) is 6.46. The van der Waals surface area contributed by atoms with Crippen molar-refractivity contribution in [1.29, 1.82) is 0 Å². The van der Waals surface area contributed by atoms with E-state index in [2.05, 4.69) is 20.5 Å². The van der Waals surface area contributed by atoms with Crippen LogP contribution >= 0.6 is 23.2 Å². The maximum atomic E-state index is 13.4. The summed E-state index contributed by atoms with van der Waals surface area (Å²) in [6.45, 7) is 3.13. The summed E-state index contributed by atoms with van der Waals surface area (Å²) < 4.78 is 3.73. The van der Waals surface area contributed by atoms with Crippen LogP contribution in [-0.4, -0.2) is 30.5 Å². The van der Waals surface area contributed by atoms with E-state index in [1.165, 1.54) is 6.42 Å². The van der Waals surface area contributed by atoms with Gasteiger partial charge in [-0.2, -0.15) is 5.10 Å². The number of carbonyl (C=O) groups excluding carboxylic acids is 1. The second-order valence-corrected chi connectivity index (χ2v) is 9.63. The fourth-order valence-electron chi connectivity index (χ4n) is 6.29. The first-order valence-electron chi connectivity index (χ1n) is 9.99. The zero-order chi connectivity index (χ0) is 19.5. The highest BCUT2D eigenvalue weighted by Crippen LogP contribution is 2.64. The third kappa shape index (κ3) is 2.86. The molecule has 6 rings (SSSR count). The van der Waals surface area contributed by atoms with Gasteiger partial charge < -0.3 is 5.32 Å². The molecular formula is C19H24Cl2N6O. The quantitative estimate of drug-likeness (QED) is 0.800. The van der Waals surface area contributed by atoms with E-state index in [-0.39, 0.29) is 22.1 Å². The van der Waals surface area contributed by atoms with Gasteiger partial charge in [-0.05, 0) is 68.9 Å². The zero-order valence-electron chi connectivity index (χ0n) is 15.9. The lowest BCUT2D eigenvalue weighted by Gasteiger charge is -2.60. The molecule has 2 aromatic heterocycles. The number of hydrogen-bond donors (Lipinski definition) is 1. The van der Waals surface area contributed by atoms with Crippen LogP contribution in [0.3, 0.4) is 0 Å². The number of rotatable bonds is 5. The molecule has 0 radical (unpaired) electrons. The Balaban J connectivity index is 1.38. The lowest BCUT2D eigenvalue weighted by atomic mass is 9.46. The predicted molar refractivity (Wildman–Crippen MR) is 105 cm³/mol. The minimum absolute atomic E-state index is 0.124. The molecule has 4 aliphatic carbocycles. The molecule has 4 fully saturated rings. The van der Waals surface area contributed by atoms with Crippen LogP contribution < -0.4 is 5.32 Å². The van der Waals surface area contributed by atoms with Crippen molar-refractivity contribution in [2.75, 3.05) is 0 Å². The highest BCUT2D eigenvalue weighted by Gasteiger charge is 2.61. The minimum atomic E-state index is -0.345. The van der Waals surface area contributed by atoms with Crippen LogP contribution in [0.15, 0.2) is 12.5 Å². The zero-order valence-corrected chi connectivity index (χ0v) is 17.4. The van der Waals surface area contributed by atoms with Crippen molar-refractivity contribution in [3.05, 3.63) is 28.5 Å². The number of nitrogens with one attached hydrogen (secondary N) is 1. The molecule has 7 nitrogen and oxygen atoms in total. The Labute approximate surface area is 173 Å². The largest absolute Gasteiger partial charge is 0.350 e. The SMILES string of the molecule is CCn1cc(Cl)c(CNC(=O)C23CC4CC(C2)CC(n2cnc(Cl)n2)(C4)C3)n1. The first-order valence-corrected chi connectivity index (χ1v) is 10.7. The highest BCUT2D eigenvalue weighted by molar-refractivity contribution is 6.31. The molecule has 9 heteroatoms. The molecule has 4 bridgehead atoms. The van der Waals surface area contributed by atoms with Crippen molar-refractivity contribution in [3.8, 4) is 0 Å². The van der Waals surface area contributed by atoms with Crippen molar-refractivity contribution in [3.63, 3.8) is 0 Å². The maximum absolute atomic E-state index is 13.4. The van der Waals surface area contributed by atoms with Gasteiger partial charge in [0, 0.05) is 12.7 Å². The summed E-state index contributed by atoms with van der Waals surface area (Å²) in [7, 11) is 0. The van der Waals surface area contributed by atoms with Gasteiger partial charge in [-0.1, -0.05) is 11.6 Å². The van der Waals surface area contributed by atoms with Crippen LogP contribution in [0.25, 0.3) is 0 Å². The normalized spacial score (nSPS) is 33.4. The minimum Gasteiger partial charge on any atom is -0.350 e. The molecule has 150 valence electrons. The van der Waals surface area contributed by atoms with Gasteiger partial charge in [0.2, 0.25) is 11.2 Å². The van der Waals surface area contributed by atoms with E-state index in [1.807, 2.05) is 11.6 Å². The standard InChI is InChI=1S/C19H24Cl2N6O/c1-2-26-9-14(20)15(24-26)8-22-16(28)18-4-12-3-13(5-18)7-19(6-12,10-18)27-11-23-17(21)25-27/h9,11-13H,2-8,10H2,1H3,(H,22,28). The summed E-state index contributed by atoms with van der Waals surface area (Å²) in [5.41, 5.74) is 0.241. The summed E-state index contributed by atoms with van der Waals surface area (Å²) in [6, 6.07) is 0. The van der Waals surface area contributed by atoms with Crippen molar-refractivity contribution in [1.82, 2.24) is 29.9 Å². The number of nitrogens with zero attached hydrogens (tertiary/aromatic N) is 5. The Kier molecular flexibility index (Phi) is 4.25. The molecule has 0 saturated heterocycles. The molecule has 28 heavy (non-hydrogen) atoms. The van der Waals surface area contributed by atoms with Gasteiger partial charge in [0.15, 0.2) is 0 Å². The number of amides is 1. The lowest BCUT2D eigenvalue weighted by molar-refractivity contribution is -0.156. The van der Waals surface area contributed by atoms with Crippen molar-refractivity contribution in [2.45, 2.75) is 64.1 Å². The van der Waals surface area contributed by atoms with Gasteiger partial charge >= 0.3 is 0 Å². The second-order valence-electron chi connectivity index (χ2n) is 8.89. The van der Waals surface area contributed by atoms with Gasteiger partial charge in [-0.25, -0.2) is 9.67 Å². The van der Waals surface area contributed by atoms with Crippen LogP contribution in [0, 0.1) is 17.3 Å². The molecule has 2 unspecified atom stereocenters. The molecule has 0 spiro atoms. The highest BCUT2D eigenvalue weighted by atomic mass is 35.5. The lowest BCUT2D eigenvalue weighted by Crippen LogP contribution is -2.61. The summed E-state index contributed by atoms with van der Waals surface area (Å²) in [4.78, 5) is 17.5. The maximum Gasteiger partial charge on any atom is 0.242 e. The monoisotopic (exact) mass is 422 g/mol. The molecule has 4 saturated carbocycles. The summed E-state index contributed by atoms with van der Waals surface area (Å²) in [5.74, 6) is 1.23. The number of halogens is 2. The molecule has 1 amide bonds. The van der Waals surface area contributed by atoms with Gasteiger partial charge in [0.05, 0.1) is 22.5 Å². The average Bonchev–Trinajstić information content (AvgIpc) is 3.24. The average molecular weight is 423 g/mol. The van der Waals surface area contributed by atoms with Gasteiger partial charge in [0.1, 0.15) is 12.0 Å². The van der Waals surface area contributed by atoms with Crippen LogP contribution in [-0.2, 0) is 23.4 Å². The van der Waals surface area contributed by atoms with Gasteiger partial charge in [0.25, 0.3) is 0 Å². The van der Waals surface area contributed by atoms with E-state index in [1.54, 1.807) is 17.2 Å². The molecule has 2 aromatic rings. The molecule has 2 heterocycles. The third-order valence-electron chi connectivity index (χ3n) is 6.99. The third-order valence-corrected chi connectivity index (χ3v) is 7.48. The smallest absolute Gasteiger partial charge is 0.242 e. The Morgan fingerprint density at radius 1 is 1.25 bits per heavy atom. The van der Waals surface area contributed by atoms with Gasteiger partial charge in [-0.15, -0.1) is 5.10 Å². The topological polar surface area (TPSA) is 77.6 Å². The Bertz CT molecular complexity index is 907. The molecule has 0 aromatic carbocycles. The fraction of sp³-hybridized carbons (Fsp3) is 0.684. The van der Waals surface area contributed by atoms with Crippen LogP contribution in [0.4, 0.5) is 0 Å². The van der Waals surface area contributed by atoms with Gasteiger partial charge in [-0.3, -0.25) is 9.48 Å². The van der Waals surface area contributed by atoms with E-state index < -0.39 is 0 Å². The summed E-state index contributed by atoms with van der Waals surface area (Å²) >= 11 is 12.3. The molecular weight excluding hydrogens is 399 g/mol. The first kappa shape index (κ1) is 18.4. The Hall–Kier alpha value is -1.60. The number of hydrogen-bond acceptors (Lipinski definition) is 4.